The second-order valence-corrected chi connectivity index (χ2v) is 8.34. The molecule has 5 nitrogen and oxygen atoms in total. The van der Waals surface area contributed by atoms with E-state index in [0.717, 1.165) is 24.1 Å². The van der Waals surface area contributed by atoms with Crippen LogP contribution in [0.3, 0.4) is 0 Å². The van der Waals surface area contributed by atoms with E-state index < -0.39 is 10.0 Å². The largest absolute Gasteiger partial charge is 0.326 e. The number of hydrogen-bond donors (Lipinski definition) is 2. The summed E-state index contributed by atoms with van der Waals surface area (Å²) in [6, 6.07) is 5.10. The number of aryl methyl sites for hydroxylation is 1. The molecule has 2 N–H and O–H groups in total. The third kappa shape index (κ3) is 2.44. The number of hydrogen-bond acceptors (Lipinski definition) is 3. The Bertz CT molecular complexity index is 717. The van der Waals surface area contributed by atoms with Crippen molar-refractivity contribution in [2.24, 2.45) is 11.8 Å². The number of nitrogens with one attached hydrogen (secondary N) is 2. The van der Waals surface area contributed by atoms with Crippen LogP contribution in [-0.2, 0) is 21.2 Å². The molecule has 3 aliphatic rings. The van der Waals surface area contributed by atoms with Gasteiger partial charge in [0.1, 0.15) is 0 Å². The molecule has 1 aromatic rings. The van der Waals surface area contributed by atoms with Crippen molar-refractivity contribution in [2.75, 3.05) is 5.32 Å². The van der Waals surface area contributed by atoms with Crippen LogP contribution in [0, 0.1) is 11.8 Å². The zero-order chi connectivity index (χ0) is 15.3. The smallest absolute Gasteiger partial charge is 0.240 e. The molecule has 0 aromatic heterocycles. The fraction of sp³-hybridized carbons (Fsp3) is 0.562. The zero-order valence-electron chi connectivity index (χ0n) is 12.3. The monoisotopic (exact) mass is 320 g/mol. The van der Waals surface area contributed by atoms with Gasteiger partial charge in [-0.15, -0.1) is 0 Å². The molecule has 2 saturated carbocycles. The van der Waals surface area contributed by atoms with Gasteiger partial charge in [0.05, 0.1) is 4.90 Å². The lowest BCUT2D eigenvalue weighted by Gasteiger charge is -2.17. The maximum Gasteiger partial charge on any atom is 0.240 e. The standard InChI is InChI=1S/C16H20N2O3S/c19-15-8-5-10-9-11(6-7-14(10)17-15)22(20,21)18-16-12-3-1-2-4-13(12)16/h6-7,9,12-13,16,18H,1-5,8H2,(H,17,19)/t12-,13-/m0/s1. The van der Waals surface area contributed by atoms with Crippen LogP contribution in [-0.4, -0.2) is 20.4 Å². The minimum Gasteiger partial charge on any atom is -0.326 e. The average Bonchev–Trinajstić information content (AvgIpc) is 3.19. The predicted octanol–water partition coefficient (Wildman–Crippen LogP) is 2.04. The molecule has 2 atom stereocenters. The van der Waals surface area contributed by atoms with E-state index >= 15 is 0 Å². The molecule has 1 heterocycles. The molecule has 0 bridgehead atoms. The molecule has 22 heavy (non-hydrogen) atoms. The highest BCUT2D eigenvalue weighted by molar-refractivity contribution is 7.89. The van der Waals surface area contributed by atoms with Gasteiger partial charge in [-0.2, -0.15) is 0 Å². The first kappa shape index (κ1) is 14.2. The van der Waals surface area contributed by atoms with Crippen LogP contribution in [0.1, 0.15) is 37.7 Å². The first-order chi connectivity index (χ1) is 10.5. The molecular formula is C16H20N2O3S. The highest BCUT2D eigenvalue weighted by Gasteiger charge is 2.52. The Morgan fingerprint density at radius 1 is 1.09 bits per heavy atom. The Morgan fingerprint density at radius 2 is 1.82 bits per heavy atom. The molecular weight excluding hydrogens is 300 g/mol. The fourth-order valence-corrected chi connectivity index (χ4v) is 5.33. The van der Waals surface area contributed by atoms with E-state index in [1.807, 2.05) is 0 Å². The Labute approximate surface area is 130 Å². The van der Waals surface area contributed by atoms with E-state index in [-0.39, 0.29) is 11.9 Å². The maximum absolute atomic E-state index is 12.6. The minimum absolute atomic E-state index is 0.0108. The first-order valence-electron chi connectivity index (χ1n) is 8.00. The number of carbonyl (C=O) groups excluding carboxylic acids is 1. The summed E-state index contributed by atoms with van der Waals surface area (Å²) in [5, 5.41) is 2.78. The lowest BCUT2D eigenvalue weighted by atomic mass is 10.0. The van der Waals surface area contributed by atoms with Gasteiger partial charge >= 0.3 is 0 Å². The van der Waals surface area contributed by atoms with Gasteiger partial charge in [0.25, 0.3) is 0 Å². The second kappa shape index (κ2) is 5.06. The predicted molar refractivity (Wildman–Crippen MR) is 83.0 cm³/mol. The summed E-state index contributed by atoms with van der Waals surface area (Å²) in [5.41, 5.74) is 1.63. The van der Waals surface area contributed by atoms with Crippen LogP contribution in [0.15, 0.2) is 23.1 Å². The summed E-state index contributed by atoms with van der Waals surface area (Å²) in [6.45, 7) is 0. The first-order valence-corrected chi connectivity index (χ1v) is 9.48. The molecule has 2 fully saturated rings. The third-order valence-electron chi connectivity index (χ3n) is 5.23. The minimum atomic E-state index is -3.46. The molecule has 0 unspecified atom stereocenters. The lowest BCUT2D eigenvalue weighted by Crippen LogP contribution is -2.28. The lowest BCUT2D eigenvalue weighted by molar-refractivity contribution is -0.116. The number of carbonyl (C=O) groups is 1. The number of fused-ring (bicyclic) bond motifs is 2. The summed E-state index contributed by atoms with van der Waals surface area (Å²) < 4.78 is 28.0. The van der Waals surface area contributed by atoms with E-state index in [2.05, 4.69) is 10.0 Å². The van der Waals surface area contributed by atoms with E-state index in [9.17, 15) is 13.2 Å². The number of sulfonamides is 1. The van der Waals surface area contributed by atoms with E-state index in [0.29, 0.717) is 29.6 Å². The van der Waals surface area contributed by atoms with E-state index in [1.165, 1.54) is 12.8 Å². The molecule has 1 amide bonds. The molecule has 1 aliphatic heterocycles. The molecule has 4 rings (SSSR count). The summed E-state index contributed by atoms with van der Waals surface area (Å²) in [7, 11) is -3.46. The van der Waals surface area contributed by atoms with Crippen molar-refractivity contribution in [1.29, 1.82) is 0 Å². The van der Waals surface area contributed by atoms with Crippen LogP contribution in [0.4, 0.5) is 5.69 Å². The summed E-state index contributed by atoms with van der Waals surface area (Å²) >= 11 is 0. The van der Waals surface area contributed by atoms with E-state index in [4.69, 9.17) is 0 Å². The second-order valence-electron chi connectivity index (χ2n) is 6.63. The molecule has 0 saturated heterocycles. The van der Waals surface area contributed by atoms with Crippen LogP contribution >= 0.6 is 0 Å². The molecule has 118 valence electrons. The van der Waals surface area contributed by atoms with Crippen LogP contribution in [0.2, 0.25) is 0 Å². The maximum atomic E-state index is 12.6. The summed E-state index contributed by atoms with van der Waals surface area (Å²) in [4.78, 5) is 11.7. The number of rotatable bonds is 3. The van der Waals surface area contributed by atoms with Gasteiger partial charge in [-0.05, 0) is 54.9 Å². The number of benzene rings is 1. The number of amides is 1. The van der Waals surface area contributed by atoms with Crippen molar-refractivity contribution in [3.8, 4) is 0 Å². The van der Waals surface area contributed by atoms with Gasteiger partial charge in [0, 0.05) is 18.2 Å². The van der Waals surface area contributed by atoms with Crippen molar-refractivity contribution in [2.45, 2.75) is 49.5 Å². The van der Waals surface area contributed by atoms with Crippen LogP contribution < -0.4 is 10.0 Å². The van der Waals surface area contributed by atoms with Crippen molar-refractivity contribution < 1.29 is 13.2 Å². The molecule has 6 heteroatoms. The van der Waals surface area contributed by atoms with Gasteiger partial charge in [0.15, 0.2) is 0 Å². The Kier molecular flexibility index (Phi) is 3.27. The topological polar surface area (TPSA) is 75.3 Å². The third-order valence-corrected chi connectivity index (χ3v) is 6.69. The summed E-state index contributed by atoms with van der Waals surface area (Å²) in [5.74, 6) is 1.07. The summed E-state index contributed by atoms with van der Waals surface area (Å²) in [6.07, 6.45) is 5.74. The quantitative estimate of drug-likeness (QED) is 0.895. The number of anilines is 1. The fourth-order valence-electron chi connectivity index (χ4n) is 3.94. The Hall–Kier alpha value is -1.40. The Morgan fingerprint density at radius 3 is 2.55 bits per heavy atom. The van der Waals surface area contributed by atoms with Gasteiger partial charge in [-0.25, -0.2) is 13.1 Å². The van der Waals surface area contributed by atoms with Crippen molar-refractivity contribution in [3.05, 3.63) is 23.8 Å². The zero-order valence-corrected chi connectivity index (χ0v) is 13.2. The average molecular weight is 320 g/mol. The SMILES string of the molecule is O=C1CCc2cc(S(=O)(=O)NC3[C@H]4CCCC[C@H]34)ccc2N1. The van der Waals surface area contributed by atoms with Crippen molar-refractivity contribution >= 4 is 21.6 Å². The normalized spacial score (nSPS) is 30.2. The van der Waals surface area contributed by atoms with Gasteiger partial charge in [0.2, 0.25) is 15.9 Å². The molecule has 2 aliphatic carbocycles. The van der Waals surface area contributed by atoms with Crippen molar-refractivity contribution in [3.63, 3.8) is 0 Å². The molecule has 0 radical (unpaired) electrons. The highest BCUT2D eigenvalue weighted by atomic mass is 32.2. The highest BCUT2D eigenvalue weighted by Crippen LogP contribution is 2.50. The van der Waals surface area contributed by atoms with Crippen LogP contribution in [0.5, 0.6) is 0 Å². The van der Waals surface area contributed by atoms with Crippen molar-refractivity contribution in [1.82, 2.24) is 4.72 Å². The van der Waals surface area contributed by atoms with Gasteiger partial charge in [-0.3, -0.25) is 4.79 Å². The van der Waals surface area contributed by atoms with Gasteiger partial charge in [-0.1, -0.05) is 12.8 Å². The molecule has 1 aromatic carbocycles. The van der Waals surface area contributed by atoms with Crippen LogP contribution in [0.25, 0.3) is 0 Å². The molecule has 0 spiro atoms. The Balaban J connectivity index is 1.54. The van der Waals surface area contributed by atoms with Gasteiger partial charge < -0.3 is 5.32 Å². The van der Waals surface area contributed by atoms with E-state index in [1.54, 1.807) is 18.2 Å².